The molecule has 0 aliphatic rings. The van der Waals surface area contributed by atoms with Gasteiger partial charge in [0.15, 0.2) is 0 Å². The number of halogens is 3. The summed E-state index contributed by atoms with van der Waals surface area (Å²) in [5.74, 6) is -1.82. The molecule has 0 saturated carbocycles. The van der Waals surface area contributed by atoms with E-state index in [1.54, 1.807) is 30.3 Å². The predicted molar refractivity (Wildman–Crippen MR) is 89.6 cm³/mol. The first-order valence-electron chi connectivity index (χ1n) is 7.85. The zero-order valence-electron chi connectivity index (χ0n) is 14.0. The predicted octanol–water partition coefficient (Wildman–Crippen LogP) is 3.41. The van der Waals surface area contributed by atoms with Gasteiger partial charge in [-0.2, -0.15) is 13.2 Å². The van der Waals surface area contributed by atoms with Gasteiger partial charge in [-0.25, -0.2) is 0 Å². The highest BCUT2D eigenvalue weighted by Gasteiger charge is 2.36. The number of hydrogen-bond donors (Lipinski definition) is 2. The van der Waals surface area contributed by atoms with Crippen molar-refractivity contribution in [2.45, 2.75) is 24.9 Å². The van der Waals surface area contributed by atoms with Crippen LogP contribution in [0, 0.1) is 0 Å². The van der Waals surface area contributed by atoms with Gasteiger partial charge >= 0.3 is 12.1 Å². The van der Waals surface area contributed by atoms with Crippen molar-refractivity contribution < 1.29 is 27.9 Å². The van der Waals surface area contributed by atoms with Crippen LogP contribution in [-0.4, -0.2) is 23.5 Å². The number of hydrogen-bond acceptors (Lipinski definition) is 2. The van der Waals surface area contributed by atoms with Crippen LogP contribution in [0.4, 0.5) is 13.2 Å². The summed E-state index contributed by atoms with van der Waals surface area (Å²) in [5, 5.41) is 12.0. The smallest absolute Gasteiger partial charge is 0.416 e. The van der Waals surface area contributed by atoms with Crippen LogP contribution in [0.5, 0.6) is 0 Å². The summed E-state index contributed by atoms with van der Waals surface area (Å²) in [6.07, 6.45) is -5.04. The summed E-state index contributed by atoms with van der Waals surface area (Å²) in [6.45, 7) is 1.22. The molecule has 4 nitrogen and oxygen atoms in total. The van der Waals surface area contributed by atoms with E-state index in [0.29, 0.717) is 5.56 Å². The molecule has 0 aromatic heterocycles. The number of carbonyl (C=O) groups is 2. The lowest BCUT2D eigenvalue weighted by Gasteiger charge is -2.25. The number of carboxylic acids is 1. The van der Waals surface area contributed by atoms with Crippen molar-refractivity contribution in [3.8, 4) is 0 Å². The largest absolute Gasteiger partial charge is 0.481 e. The molecular formula is C19H18F3NO3. The summed E-state index contributed by atoms with van der Waals surface area (Å²) in [4.78, 5) is 23.8. The maximum atomic E-state index is 13.0. The Morgan fingerprint density at radius 2 is 1.58 bits per heavy atom. The molecule has 0 fully saturated rings. The van der Waals surface area contributed by atoms with Crippen molar-refractivity contribution in [1.82, 2.24) is 5.32 Å². The molecule has 0 aliphatic carbocycles. The Labute approximate surface area is 148 Å². The normalized spacial score (nSPS) is 13.7. The first kappa shape index (κ1) is 19.5. The summed E-state index contributed by atoms with van der Waals surface area (Å²) >= 11 is 0. The Bertz CT molecular complexity index is 790. The van der Waals surface area contributed by atoms with E-state index in [-0.39, 0.29) is 12.1 Å². The second-order valence-corrected chi connectivity index (χ2v) is 6.11. The minimum absolute atomic E-state index is 0.158. The highest BCUT2D eigenvalue weighted by molar-refractivity contribution is 5.84. The van der Waals surface area contributed by atoms with E-state index >= 15 is 0 Å². The molecule has 2 N–H and O–H groups in total. The van der Waals surface area contributed by atoms with Crippen LogP contribution in [0.3, 0.4) is 0 Å². The molecule has 0 aliphatic heterocycles. The summed E-state index contributed by atoms with van der Waals surface area (Å²) in [6, 6.07) is 13.2. The quantitative estimate of drug-likeness (QED) is 0.825. The first-order chi connectivity index (χ1) is 12.1. The van der Waals surface area contributed by atoms with Gasteiger partial charge in [0, 0.05) is 6.54 Å². The van der Waals surface area contributed by atoms with Crippen LogP contribution >= 0.6 is 0 Å². The van der Waals surface area contributed by atoms with Gasteiger partial charge in [0.05, 0.1) is 12.0 Å². The Morgan fingerprint density at radius 3 is 2.15 bits per heavy atom. The van der Waals surface area contributed by atoms with E-state index in [1.165, 1.54) is 25.1 Å². The van der Waals surface area contributed by atoms with Gasteiger partial charge in [0.25, 0.3) is 0 Å². The van der Waals surface area contributed by atoms with Crippen LogP contribution < -0.4 is 5.32 Å². The zero-order chi connectivity index (χ0) is 19.4. The topological polar surface area (TPSA) is 66.4 Å². The first-order valence-corrected chi connectivity index (χ1v) is 7.85. The van der Waals surface area contributed by atoms with Crippen molar-refractivity contribution in [2.24, 2.45) is 0 Å². The number of rotatable bonds is 6. The van der Waals surface area contributed by atoms with Crippen molar-refractivity contribution >= 4 is 11.9 Å². The van der Waals surface area contributed by atoms with Gasteiger partial charge in [-0.1, -0.05) is 48.5 Å². The highest BCUT2D eigenvalue weighted by atomic mass is 19.4. The van der Waals surface area contributed by atoms with Gasteiger partial charge < -0.3 is 10.4 Å². The lowest BCUT2D eigenvalue weighted by Crippen LogP contribution is -2.44. The lowest BCUT2D eigenvalue weighted by molar-refractivity contribution is -0.143. The number of aliphatic carboxylic acids is 1. The van der Waals surface area contributed by atoms with E-state index in [9.17, 15) is 27.9 Å². The van der Waals surface area contributed by atoms with Crippen LogP contribution in [0.25, 0.3) is 0 Å². The Hall–Kier alpha value is -2.83. The minimum Gasteiger partial charge on any atom is -0.481 e. The second-order valence-electron chi connectivity index (χ2n) is 6.11. The molecule has 138 valence electrons. The fourth-order valence-corrected chi connectivity index (χ4v) is 2.57. The van der Waals surface area contributed by atoms with Crippen LogP contribution in [0.2, 0.25) is 0 Å². The molecule has 1 amide bonds. The van der Waals surface area contributed by atoms with Crippen LogP contribution in [0.15, 0.2) is 54.6 Å². The molecule has 0 saturated heterocycles. The molecule has 26 heavy (non-hydrogen) atoms. The molecule has 2 rings (SSSR count). The Morgan fingerprint density at radius 1 is 1.00 bits per heavy atom. The number of amides is 1. The molecule has 1 unspecified atom stereocenters. The average molecular weight is 365 g/mol. The van der Waals surface area contributed by atoms with Crippen molar-refractivity contribution in [1.29, 1.82) is 0 Å². The average Bonchev–Trinajstić information content (AvgIpc) is 2.60. The summed E-state index contributed by atoms with van der Waals surface area (Å²) < 4.78 is 39.0. The lowest BCUT2D eigenvalue weighted by atomic mass is 9.82. The van der Waals surface area contributed by atoms with Gasteiger partial charge in [-0.05, 0) is 24.1 Å². The molecule has 7 heteroatoms. The number of carbonyl (C=O) groups excluding carboxylic acids is 1. The van der Waals surface area contributed by atoms with E-state index < -0.39 is 35.5 Å². The van der Waals surface area contributed by atoms with Gasteiger partial charge in [-0.15, -0.1) is 0 Å². The molecule has 0 radical (unpaired) electrons. The van der Waals surface area contributed by atoms with Crippen molar-refractivity contribution in [3.05, 3.63) is 71.3 Å². The standard InChI is InChI=1S/C19H18F3NO3/c1-18(17(25)26,14-8-3-2-4-9-14)12-23-16(24)11-13-7-5-6-10-15(13)19(20,21)22/h2-10H,11-12H2,1H3,(H,23,24)(H,25,26). The molecule has 0 bridgehead atoms. The minimum atomic E-state index is -4.56. The number of alkyl halides is 3. The fourth-order valence-electron chi connectivity index (χ4n) is 2.57. The molecule has 0 heterocycles. The van der Waals surface area contributed by atoms with E-state index in [0.717, 1.165) is 6.07 Å². The molecular weight excluding hydrogens is 347 g/mol. The molecule has 0 spiro atoms. The van der Waals surface area contributed by atoms with E-state index in [2.05, 4.69) is 5.32 Å². The van der Waals surface area contributed by atoms with Gasteiger partial charge in [-0.3, -0.25) is 9.59 Å². The van der Waals surface area contributed by atoms with Crippen molar-refractivity contribution in [2.75, 3.05) is 6.54 Å². The molecule has 2 aromatic carbocycles. The van der Waals surface area contributed by atoms with Crippen LogP contribution in [0.1, 0.15) is 23.6 Å². The fraction of sp³-hybridized carbons (Fsp3) is 0.263. The van der Waals surface area contributed by atoms with Gasteiger partial charge in [0.2, 0.25) is 5.91 Å². The molecule has 2 aromatic rings. The maximum Gasteiger partial charge on any atom is 0.416 e. The number of carboxylic acid groups (broad SMARTS) is 1. The van der Waals surface area contributed by atoms with Crippen LogP contribution in [-0.2, 0) is 27.6 Å². The van der Waals surface area contributed by atoms with Gasteiger partial charge in [0.1, 0.15) is 5.41 Å². The third kappa shape index (κ3) is 4.41. The SMILES string of the molecule is CC(CNC(=O)Cc1ccccc1C(F)(F)F)(C(=O)O)c1ccccc1. The van der Waals surface area contributed by atoms with E-state index in [1.807, 2.05) is 0 Å². The van der Waals surface area contributed by atoms with E-state index in [4.69, 9.17) is 0 Å². The second kappa shape index (κ2) is 7.59. The van der Waals surface area contributed by atoms with Crippen molar-refractivity contribution in [3.63, 3.8) is 0 Å². The third-order valence-corrected chi connectivity index (χ3v) is 4.20. The summed E-state index contributed by atoms with van der Waals surface area (Å²) in [7, 11) is 0. The Balaban J connectivity index is 2.12. The highest BCUT2D eigenvalue weighted by Crippen LogP contribution is 2.32. The Kier molecular flexibility index (Phi) is 5.69. The number of nitrogens with one attached hydrogen (secondary N) is 1. The summed E-state index contributed by atoms with van der Waals surface area (Å²) in [5.41, 5.74) is -1.93. The molecule has 1 atom stereocenters. The zero-order valence-corrected chi connectivity index (χ0v) is 14.0. The number of benzene rings is 2. The maximum absolute atomic E-state index is 13.0. The monoisotopic (exact) mass is 365 g/mol. The third-order valence-electron chi connectivity index (χ3n) is 4.20.